The number of anilines is 1. The highest BCUT2D eigenvalue weighted by Crippen LogP contribution is 2.26. The van der Waals surface area contributed by atoms with Crippen LogP contribution in [0.25, 0.3) is 0 Å². The molecule has 118 valence electrons. The molecule has 0 saturated heterocycles. The highest BCUT2D eigenvalue weighted by molar-refractivity contribution is 7.92. The van der Waals surface area contributed by atoms with E-state index < -0.39 is 10.0 Å². The second kappa shape index (κ2) is 7.16. The summed E-state index contributed by atoms with van der Waals surface area (Å²) in [5.74, 6) is 0.552. The lowest BCUT2D eigenvalue weighted by Gasteiger charge is -2.13. The smallest absolute Gasteiger partial charge is 0.232 e. The van der Waals surface area contributed by atoms with Crippen molar-refractivity contribution >= 4 is 21.5 Å². The summed E-state index contributed by atoms with van der Waals surface area (Å²) in [5, 5.41) is 11.5. The van der Waals surface area contributed by atoms with Crippen LogP contribution in [-0.4, -0.2) is 32.3 Å². The highest BCUT2D eigenvalue weighted by atomic mass is 32.2. The van der Waals surface area contributed by atoms with E-state index in [1.165, 1.54) is 25.3 Å². The van der Waals surface area contributed by atoms with E-state index in [1.807, 2.05) is 13.8 Å². The number of hydrogen-bond acceptors (Lipinski definition) is 5. The molecule has 1 aromatic carbocycles. The van der Waals surface area contributed by atoms with Gasteiger partial charge in [0.25, 0.3) is 0 Å². The van der Waals surface area contributed by atoms with Gasteiger partial charge in [0.1, 0.15) is 5.75 Å². The second-order valence-electron chi connectivity index (χ2n) is 5.00. The summed E-state index contributed by atoms with van der Waals surface area (Å²) >= 11 is 0. The van der Waals surface area contributed by atoms with Crippen LogP contribution < -0.4 is 15.2 Å². The molecular formula is C13H21N3O4S. The second-order valence-corrected chi connectivity index (χ2v) is 6.85. The molecule has 0 saturated carbocycles. The monoisotopic (exact) mass is 315 g/mol. The quantitative estimate of drug-likeness (QED) is 0.306. The molecule has 0 amide bonds. The van der Waals surface area contributed by atoms with E-state index in [4.69, 9.17) is 15.7 Å². The Balaban J connectivity index is 2.98. The number of amidine groups is 1. The molecule has 0 aliphatic carbocycles. The Kier molecular flexibility index (Phi) is 5.83. The van der Waals surface area contributed by atoms with Gasteiger partial charge in [-0.15, -0.1) is 0 Å². The van der Waals surface area contributed by atoms with E-state index in [-0.39, 0.29) is 11.6 Å². The molecule has 0 aromatic heterocycles. The summed E-state index contributed by atoms with van der Waals surface area (Å²) in [6.45, 7) is 3.92. The van der Waals surface area contributed by atoms with Crippen molar-refractivity contribution in [1.29, 1.82) is 0 Å². The molecule has 7 nitrogen and oxygen atoms in total. The minimum absolute atomic E-state index is 0.0375. The molecule has 0 fully saturated rings. The van der Waals surface area contributed by atoms with Gasteiger partial charge in [-0.2, -0.15) is 0 Å². The molecule has 8 heteroatoms. The van der Waals surface area contributed by atoms with Crippen molar-refractivity contribution in [2.45, 2.75) is 20.3 Å². The van der Waals surface area contributed by atoms with Crippen LogP contribution in [0.15, 0.2) is 23.4 Å². The topological polar surface area (TPSA) is 114 Å². The largest absolute Gasteiger partial charge is 0.495 e. The van der Waals surface area contributed by atoms with Crippen LogP contribution >= 0.6 is 0 Å². The molecule has 0 bridgehead atoms. The number of benzene rings is 1. The first-order valence-electron chi connectivity index (χ1n) is 6.45. The normalized spacial score (nSPS) is 12.5. The Morgan fingerprint density at radius 3 is 2.67 bits per heavy atom. The third-order valence-electron chi connectivity index (χ3n) is 2.83. The van der Waals surface area contributed by atoms with Crippen LogP contribution in [-0.2, 0) is 10.0 Å². The van der Waals surface area contributed by atoms with E-state index in [1.54, 1.807) is 0 Å². The fourth-order valence-corrected chi connectivity index (χ4v) is 2.99. The van der Waals surface area contributed by atoms with Crippen molar-refractivity contribution in [1.82, 2.24) is 0 Å². The number of rotatable bonds is 7. The van der Waals surface area contributed by atoms with Crippen molar-refractivity contribution < 1.29 is 18.4 Å². The minimum Gasteiger partial charge on any atom is -0.495 e. The van der Waals surface area contributed by atoms with Gasteiger partial charge in [0.15, 0.2) is 5.84 Å². The van der Waals surface area contributed by atoms with Gasteiger partial charge in [-0.3, -0.25) is 4.72 Å². The van der Waals surface area contributed by atoms with E-state index in [0.717, 1.165) is 0 Å². The van der Waals surface area contributed by atoms with Gasteiger partial charge >= 0.3 is 0 Å². The van der Waals surface area contributed by atoms with E-state index in [2.05, 4.69) is 9.88 Å². The minimum atomic E-state index is -3.44. The van der Waals surface area contributed by atoms with Gasteiger partial charge < -0.3 is 15.7 Å². The van der Waals surface area contributed by atoms with Gasteiger partial charge in [-0.05, 0) is 30.5 Å². The van der Waals surface area contributed by atoms with Crippen LogP contribution in [0.3, 0.4) is 0 Å². The summed E-state index contributed by atoms with van der Waals surface area (Å²) in [6, 6.07) is 4.55. The molecular weight excluding hydrogens is 294 g/mol. The standard InChI is InChI=1S/C13H21N3O4S/c1-9(2)6-7-21(18,19)16-11-5-4-10(13(14)15-17)8-12(11)20-3/h4-5,8-9,16-17H,6-7H2,1-3H3,(H2,14,15). The van der Waals surface area contributed by atoms with Crippen LogP contribution in [0, 0.1) is 5.92 Å². The maximum absolute atomic E-state index is 12.0. The molecule has 0 unspecified atom stereocenters. The summed E-state index contributed by atoms with van der Waals surface area (Å²) in [5.41, 5.74) is 6.23. The summed E-state index contributed by atoms with van der Waals surface area (Å²) in [7, 11) is -2.03. The first-order valence-corrected chi connectivity index (χ1v) is 8.10. The maximum Gasteiger partial charge on any atom is 0.232 e. The third-order valence-corrected chi connectivity index (χ3v) is 4.14. The zero-order valence-electron chi connectivity index (χ0n) is 12.3. The summed E-state index contributed by atoms with van der Waals surface area (Å²) in [4.78, 5) is 0. The van der Waals surface area contributed by atoms with Gasteiger partial charge in [0.2, 0.25) is 10.0 Å². The van der Waals surface area contributed by atoms with Gasteiger partial charge in [-0.25, -0.2) is 8.42 Å². The fraction of sp³-hybridized carbons (Fsp3) is 0.462. The summed E-state index contributed by atoms with van der Waals surface area (Å²) in [6.07, 6.45) is 0.569. The molecule has 1 aromatic rings. The number of methoxy groups -OCH3 is 1. The van der Waals surface area contributed by atoms with Crippen LogP contribution in [0.5, 0.6) is 5.75 Å². The van der Waals surface area contributed by atoms with Crippen molar-refractivity contribution in [2.24, 2.45) is 16.8 Å². The zero-order chi connectivity index (χ0) is 16.0. The number of oxime groups is 1. The number of sulfonamides is 1. The molecule has 0 spiro atoms. The Morgan fingerprint density at radius 1 is 1.48 bits per heavy atom. The van der Waals surface area contributed by atoms with Crippen LogP contribution in [0.1, 0.15) is 25.8 Å². The Labute approximate surface area is 124 Å². The molecule has 0 heterocycles. The number of nitrogens with one attached hydrogen (secondary N) is 1. The van der Waals surface area contributed by atoms with Gasteiger partial charge in [0, 0.05) is 5.56 Å². The number of nitrogens with zero attached hydrogens (tertiary/aromatic N) is 1. The number of nitrogens with two attached hydrogens (primary N) is 1. The molecule has 0 aliphatic heterocycles. The van der Waals surface area contributed by atoms with Crippen molar-refractivity contribution in [2.75, 3.05) is 17.6 Å². The van der Waals surface area contributed by atoms with Crippen LogP contribution in [0.4, 0.5) is 5.69 Å². The summed E-state index contributed by atoms with van der Waals surface area (Å²) < 4.78 is 31.6. The predicted molar refractivity (Wildman–Crippen MR) is 82.4 cm³/mol. The molecule has 4 N–H and O–H groups in total. The lowest BCUT2D eigenvalue weighted by atomic mass is 10.2. The van der Waals surface area contributed by atoms with E-state index in [9.17, 15) is 8.42 Å². The average Bonchev–Trinajstić information content (AvgIpc) is 2.44. The van der Waals surface area contributed by atoms with Crippen molar-refractivity contribution in [3.05, 3.63) is 23.8 Å². The van der Waals surface area contributed by atoms with E-state index in [0.29, 0.717) is 29.3 Å². The average molecular weight is 315 g/mol. The molecule has 0 aliphatic rings. The Hall–Kier alpha value is -1.96. The Morgan fingerprint density at radius 2 is 2.14 bits per heavy atom. The van der Waals surface area contributed by atoms with E-state index >= 15 is 0 Å². The lowest BCUT2D eigenvalue weighted by Crippen LogP contribution is -2.19. The number of ether oxygens (including phenoxy) is 1. The molecule has 21 heavy (non-hydrogen) atoms. The van der Waals surface area contributed by atoms with Crippen LogP contribution in [0.2, 0.25) is 0 Å². The predicted octanol–water partition coefficient (Wildman–Crippen LogP) is 1.58. The first kappa shape index (κ1) is 17.1. The van der Waals surface area contributed by atoms with Crippen molar-refractivity contribution in [3.63, 3.8) is 0 Å². The van der Waals surface area contributed by atoms with Crippen molar-refractivity contribution in [3.8, 4) is 5.75 Å². The van der Waals surface area contributed by atoms with Gasteiger partial charge in [0.05, 0.1) is 18.6 Å². The fourth-order valence-electron chi connectivity index (χ4n) is 1.60. The number of hydrogen-bond donors (Lipinski definition) is 3. The third kappa shape index (κ3) is 5.14. The highest BCUT2D eigenvalue weighted by Gasteiger charge is 2.15. The molecule has 0 atom stereocenters. The zero-order valence-corrected chi connectivity index (χ0v) is 13.1. The SMILES string of the molecule is COc1cc(/C(N)=N/O)ccc1NS(=O)(=O)CCC(C)C. The first-order chi connectivity index (χ1) is 9.79. The molecule has 1 rings (SSSR count). The lowest BCUT2D eigenvalue weighted by molar-refractivity contribution is 0.318. The van der Waals surface area contributed by atoms with Gasteiger partial charge in [-0.1, -0.05) is 19.0 Å². The molecule has 0 radical (unpaired) electrons. The maximum atomic E-state index is 12.0. The Bertz CT molecular complexity index is 612.